The first-order chi connectivity index (χ1) is 12.5. The monoisotopic (exact) mass is 388 g/mol. The van der Waals surface area contributed by atoms with Crippen LogP contribution in [-0.4, -0.2) is 20.2 Å². The molecule has 130 valence electrons. The van der Waals surface area contributed by atoms with Crippen molar-refractivity contribution in [2.45, 2.75) is 0 Å². The zero-order valence-corrected chi connectivity index (χ0v) is 14.5. The molecule has 0 aliphatic carbocycles. The van der Waals surface area contributed by atoms with Gasteiger partial charge in [0.25, 0.3) is 5.91 Å². The molecule has 0 unspecified atom stereocenters. The number of nitro groups is 1. The van der Waals surface area contributed by atoms with Crippen molar-refractivity contribution >= 4 is 44.9 Å². The SMILES string of the molecule is O=C(Nc1ccc(F)c([N+](=O)[O-])c1)c1csc2nc(-c3cccs3)cn12. The highest BCUT2D eigenvalue weighted by Crippen LogP contribution is 2.27. The lowest BCUT2D eigenvalue weighted by Gasteiger charge is -2.04. The Morgan fingerprint density at radius 2 is 2.15 bits per heavy atom. The summed E-state index contributed by atoms with van der Waals surface area (Å²) in [6, 6.07) is 7.07. The van der Waals surface area contributed by atoms with E-state index in [9.17, 15) is 19.3 Å². The first-order valence-electron chi connectivity index (χ1n) is 7.28. The minimum atomic E-state index is -0.957. The van der Waals surface area contributed by atoms with Crippen LogP contribution in [0.15, 0.2) is 47.3 Å². The van der Waals surface area contributed by atoms with E-state index < -0.39 is 22.3 Å². The maximum Gasteiger partial charge on any atom is 0.306 e. The largest absolute Gasteiger partial charge is 0.320 e. The Morgan fingerprint density at radius 3 is 2.88 bits per heavy atom. The zero-order chi connectivity index (χ0) is 18.3. The van der Waals surface area contributed by atoms with Gasteiger partial charge >= 0.3 is 5.69 Å². The molecule has 3 heterocycles. The Kier molecular flexibility index (Phi) is 3.98. The lowest BCUT2D eigenvalue weighted by atomic mass is 10.2. The number of carbonyl (C=O) groups excluding carboxylic acids is 1. The fraction of sp³-hybridized carbons (Fsp3) is 0. The molecule has 0 spiro atoms. The van der Waals surface area contributed by atoms with Crippen molar-refractivity contribution in [3.8, 4) is 10.6 Å². The van der Waals surface area contributed by atoms with Gasteiger partial charge in [-0.15, -0.1) is 22.7 Å². The molecule has 0 atom stereocenters. The van der Waals surface area contributed by atoms with Crippen molar-refractivity contribution < 1.29 is 14.1 Å². The van der Waals surface area contributed by atoms with Crippen molar-refractivity contribution in [3.63, 3.8) is 0 Å². The van der Waals surface area contributed by atoms with E-state index in [1.165, 1.54) is 17.4 Å². The van der Waals surface area contributed by atoms with Crippen LogP contribution in [0.1, 0.15) is 10.5 Å². The maximum absolute atomic E-state index is 13.4. The summed E-state index contributed by atoms with van der Waals surface area (Å²) in [5, 5.41) is 17.0. The Labute approximate surface area is 153 Å². The van der Waals surface area contributed by atoms with Crippen molar-refractivity contribution in [1.29, 1.82) is 0 Å². The molecule has 0 bridgehead atoms. The summed E-state index contributed by atoms with van der Waals surface area (Å²) < 4.78 is 15.1. The third-order valence-electron chi connectivity index (χ3n) is 3.62. The highest BCUT2D eigenvalue weighted by Gasteiger charge is 2.18. The smallest absolute Gasteiger partial charge is 0.306 e. The van der Waals surface area contributed by atoms with E-state index in [0.717, 1.165) is 22.7 Å². The molecule has 1 aromatic carbocycles. The minimum Gasteiger partial charge on any atom is -0.320 e. The maximum atomic E-state index is 13.4. The number of carbonyl (C=O) groups is 1. The lowest BCUT2D eigenvalue weighted by molar-refractivity contribution is -0.387. The molecule has 1 amide bonds. The average Bonchev–Trinajstić information content (AvgIpc) is 3.32. The number of anilines is 1. The summed E-state index contributed by atoms with van der Waals surface area (Å²) in [7, 11) is 0. The Hall–Kier alpha value is -3.11. The highest BCUT2D eigenvalue weighted by molar-refractivity contribution is 7.15. The van der Waals surface area contributed by atoms with Gasteiger partial charge < -0.3 is 5.32 Å². The quantitative estimate of drug-likeness (QED) is 0.414. The number of rotatable bonds is 4. The molecule has 4 aromatic rings. The number of aromatic nitrogens is 2. The van der Waals surface area contributed by atoms with Crippen LogP contribution in [0, 0.1) is 15.9 Å². The number of fused-ring (bicyclic) bond motifs is 1. The molecule has 10 heteroatoms. The van der Waals surface area contributed by atoms with Crippen LogP contribution in [0.5, 0.6) is 0 Å². The fourth-order valence-corrected chi connectivity index (χ4v) is 3.95. The standard InChI is InChI=1S/C16H9FN4O3S2/c17-10-4-3-9(6-12(10)21(23)24)18-15(22)13-8-26-16-19-11(7-20(13)16)14-2-1-5-25-14/h1-8H,(H,18,22). The summed E-state index contributed by atoms with van der Waals surface area (Å²) in [5.41, 5.74) is 0.549. The molecule has 26 heavy (non-hydrogen) atoms. The number of nitrogens with zero attached hydrogens (tertiary/aromatic N) is 3. The van der Waals surface area contributed by atoms with E-state index in [1.54, 1.807) is 27.3 Å². The van der Waals surface area contributed by atoms with Gasteiger partial charge in [-0.3, -0.25) is 19.3 Å². The number of hydrogen-bond donors (Lipinski definition) is 1. The number of nitrogens with one attached hydrogen (secondary N) is 1. The number of halogens is 1. The number of nitro benzene ring substituents is 1. The molecule has 0 saturated heterocycles. The minimum absolute atomic E-state index is 0.140. The van der Waals surface area contributed by atoms with Gasteiger partial charge in [-0.1, -0.05) is 6.07 Å². The molecule has 0 fully saturated rings. The molecular formula is C16H9FN4O3S2. The Balaban J connectivity index is 1.64. The topological polar surface area (TPSA) is 89.5 Å². The van der Waals surface area contributed by atoms with Crippen LogP contribution in [0.25, 0.3) is 15.5 Å². The molecule has 0 aliphatic rings. The third-order valence-corrected chi connectivity index (χ3v) is 5.35. The van der Waals surface area contributed by atoms with Crippen molar-refractivity contribution in [2.75, 3.05) is 5.32 Å². The molecule has 3 aromatic heterocycles. The number of thiazole rings is 1. The van der Waals surface area contributed by atoms with Crippen molar-refractivity contribution in [2.24, 2.45) is 0 Å². The van der Waals surface area contributed by atoms with Gasteiger partial charge in [0, 0.05) is 23.3 Å². The molecular weight excluding hydrogens is 379 g/mol. The summed E-state index contributed by atoms with van der Waals surface area (Å²) in [5.74, 6) is -1.42. The summed E-state index contributed by atoms with van der Waals surface area (Å²) in [6.45, 7) is 0. The van der Waals surface area contributed by atoms with E-state index in [2.05, 4.69) is 10.3 Å². The Morgan fingerprint density at radius 1 is 1.31 bits per heavy atom. The van der Waals surface area contributed by atoms with Crippen LogP contribution in [-0.2, 0) is 0 Å². The van der Waals surface area contributed by atoms with Gasteiger partial charge in [0.05, 0.1) is 9.80 Å². The zero-order valence-electron chi connectivity index (χ0n) is 12.9. The molecule has 0 saturated carbocycles. The van der Waals surface area contributed by atoms with E-state index in [4.69, 9.17) is 0 Å². The number of amides is 1. The predicted octanol–water partition coefficient (Wildman–Crippen LogP) is 4.42. The second-order valence-corrected chi connectivity index (χ2v) is 7.04. The fourth-order valence-electron chi connectivity index (χ4n) is 2.42. The molecule has 0 radical (unpaired) electrons. The van der Waals surface area contributed by atoms with Crippen LogP contribution in [0.3, 0.4) is 0 Å². The van der Waals surface area contributed by atoms with Crippen molar-refractivity contribution in [3.05, 3.63) is 68.9 Å². The molecule has 1 N–H and O–H groups in total. The summed E-state index contributed by atoms with van der Waals surface area (Å²) in [4.78, 5) is 28.7. The number of hydrogen-bond acceptors (Lipinski definition) is 6. The van der Waals surface area contributed by atoms with Gasteiger partial charge in [0.2, 0.25) is 5.82 Å². The van der Waals surface area contributed by atoms with E-state index >= 15 is 0 Å². The van der Waals surface area contributed by atoms with Crippen LogP contribution < -0.4 is 5.32 Å². The van der Waals surface area contributed by atoms with E-state index in [1.807, 2.05) is 17.5 Å². The van der Waals surface area contributed by atoms with Gasteiger partial charge in [-0.2, -0.15) is 4.39 Å². The van der Waals surface area contributed by atoms with Gasteiger partial charge in [-0.05, 0) is 23.6 Å². The van der Waals surface area contributed by atoms with Gasteiger partial charge in [-0.25, -0.2) is 4.98 Å². The van der Waals surface area contributed by atoms with Crippen LogP contribution in [0.4, 0.5) is 15.8 Å². The van der Waals surface area contributed by atoms with Crippen molar-refractivity contribution in [1.82, 2.24) is 9.38 Å². The normalized spacial score (nSPS) is 11.0. The second kappa shape index (κ2) is 6.32. The highest BCUT2D eigenvalue weighted by atomic mass is 32.1. The Bertz CT molecular complexity index is 1130. The van der Waals surface area contributed by atoms with E-state index in [0.29, 0.717) is 10.7 Å². The first-order valence-corrected chi connectivity index (χ1v) is 9.04. The number of imidazole rings is 1. The molecule has 0 aliphatic heterocycles. The molecule has 7 nitrogen and oxygen atoms in total. The van der Waals surface area contributed by atoms with E-state index in [-0.39, 0.29) is 5.69 Å². The van der Waals surface area contributed by atoms with Gasteiger partial charge in [0.1, 0.15) is 11.4 Å². The first kappa shape index (κ1) is 16.4. The average molecular weight is 388 g/mol. The third kappa shape index (κ3) is 2.85. The number of benzene rings is 1. The summed E-state index contributed by atoms with van der Waals surface area (Å²) >= 11 is 2.85. The molecule has 4 rings (SSSR count). The summed E-state index contributed by atoms with van der Waals surface area (Å²) in [6.07, 6.45) is 1.76. The predicted molar refractivity (Wildman–Crippen MR) is 97.4 cm³/mol. The van der Waals surface area contributed by atoms with Crippen LogP contribution >= 0.6 is 22.7 Å². The second-order valence-electron chi connectivity index (χ2n) is 5.25. The van der Waals surface area contributed by atoms with Crippen LogP contribution in [0.2, 0.25) is 0 Å². The number of thiophene rings is 1. The van der Waals surface area contributed by atoms with Gasteiger partial charge in [0.15, 0.2) is 4.96 Å². The lowest BCUT2D eigenvalue weighted by Crippen LogP contribution is -2.14.